The van der Waals surface area contributed by atoms with Gasteiger partial charge in [-0.3, -0.25) is 0 Å². The maximum absolute atomic E-state index is 5.97. The van der Waals surface area contributed by atoms with Crippen molar-refractivity contribution in [2.45, 2.75) is 26.4 Å². The van der Waals surface area contributed by atoms with Crippen molar-refractivity contribution >= 4 is 11.6 Å². The van der Waals surface area contributed by atoms with Gasteiger partial charge in [-0.15, -0.1) is 0 Å². The molecule has 1 aliphatic rings. The summed E-state index contributed by atoms with van der Waals surface area (Å²) in [6, 6.07) is 3.90. The summed E-state index contributed by atoms with van der Waals surface area (Å²) in [7, 11) is 0. The van der Waals surface area contributed by atoms with Gasteiger partial charge < -0.3 is 10.1 Å². The third-order valence-electron chi connectivity index (χ3n) is 2.72. The molecule has 3 heteroatoms. The maximum atomic E-state index is 5.97. The molecule has 1 atom stereocenters. The van der Waals surface area contributed by atoms with Crippen LogP contribution in [-0.2, 0) is 0 Å². The summed E-state index contributed by atoms with van der Waals surface area (Å²) in [4.78, 5) is 0. The zero-order valence-electron chi connectivity index (χ0n) is 9.14. The van der Waals surface area contributed by atoms with Gasteiger partial charge in [-0.2, -0.15) is 0 Å². The average molecular weight is 226 g/mol. The van der Waals surface area contributed by atoms with Gasteiger partial charge >= 0.3 is 0 Å². The first-order chi connectivity index (χ1) is 7.16. The zero-order valence-corrected chi connectivity index (χ0v) is 9.90. The first-order valence-electron chi connectivity index (χ1n) is 5.31. The van der Waals surface area contributed by atoms with Gasteiger partial charge in [-0.05, 0) is 50.1 Å². The van der Waals surface area contributed by atoms with Crippen LogP contribution in [0.3, 0.4) is 0 Å². The van der Waals surface area contributed by atoms with E-state index in [1.165, 1.54) is 0 Å². The van der Waals surface area contributed by atoms with E-state index >= 15 is 0 Å². The summed E-state index contributed by atoms with van der Waals surface area (Å²) < 4.78 is 5.97. The van der Waals surface area contributed by atoms with Gasteiger partial charge in [0.15, 0.2) is 0 Å². The molecule has 1 aromatic carbocycles. The SMILES string of the molecule is Cc1cc(Cl)cc(C)c1O[C@@H]1CCNC1. The van der Waals surface area contributed by atoms with Gasteiger partial charge in [-0.1, -0.05) is 11.6 Å². The monoisotopic (exact) mass is 225 g/mol. The Morgan fingerprint density at radius 1 is 1.33 bits per heavy atom. The number of nitrogens with one attached hydrogen (secondary N) is 1. The van der Waals surface area contributed by atoms with Crippen LogP contribution in [0.5, 0.6) is 5.75 Å². The summed E-state index contributed by atoms with van der Waals surface area (Å²) in [6.07, 6.45) is 1.39. The molecular weight excluding hydrogens is 210 g/mol. The van der Waals surface area contributed by atoms with Crippen LogP contribution >= 0.6 is 11.6 Å². The van der Waals surface area contributed by atoms with Crippen molar-refractivity contribution in [2.75, 3.05) is 13.1 Å². The molecule has 2 rings (SSSR count). The van der Waals surface area contributed by atoms with Crippen LogP contribution in [-0.4, -0.2) is 19.2 Å². The molecule has 1 heterocycles. The second-order valence-electron chi connectivity index (χ2n) is 4.10. The van der Waals surface area contributed by atoms with Crippen LogP contribution in [0.4, 0.5) is 0 Å². The summed E-state index contributed by atoms with van der Waals surface area (Å²) in [5, 5.41) is 4.07. The minimum Gasteiger partial charge on any atom is -0.489 e. The summed E-state index contributed by atoms with van der Waals surface area (Å²) in [5.74, 6) is 0.994. The molecule has 1 aliphatic heterocycles. The van der Waals surface area contributed by atoms with E-state index in [1.807, 2.05) is 26.0 Å². The molecule has 1 aromatic rings. The van der Waals surface area contributed by atoms with Crippen molar-refractivity contribution in [1.29, 1.82) is 0 Å². The van der Waals surface area contributed by atoms with Gasteiger partial charge in [0.1, 0.15) is 11.9 Å². The molecule has 1 saturated heterocycles. The van der Waals surface area contributed by atoms with Crippen LogP contribution in [0.1, 0.15) is 17.5 Å². The van der Waals surface area contributed by atoms with E-state index in [-0.39, 0.29) is 0 Å². The van der Waals surface area contributed by atoms with Gasteiger partial charge in [-0.25, -0.2) is 0 Å². The third-order valence-corrected chi connectivity index (χ3v) is 2.94. The molecule has 0 radical (unpaired) electrons. The second kappa shape index (κ2) is 4.42. The molecule has 0 bridgehead atoms. The van der Waals surface area contributed by atoms with Gasteiger partial charge in [0, 0.05) is 11.6 Å². The van der Waals surface area contributed by atoms with Crippen LogP contribution in [0.2, 0.25) is 5.02 Å². The van der Waals surface area contributed by atoms with E-state index in [4.69, 9.17) is 16.3 Å². The maximum Gasteiger partial charge on any atom is 0.125 e. The third kappa shape index (κ3) is 2.44. The highest BCUT2D eigenvalue weighted by atomic mass is 35.5. The van der Waals surface area contributed by atoms with E-state index in [9.17, 15) is 0 Å². The molecule has 0 amide bonds. The van der Waals surface area contributed by atoms with Crippen LogP contribution in [0, 0.1) is 13.8 Å². The molecule has 82 valence electrons. The van der Waals surface area contributed by atoms with E-state index < -0.39 is 0 Å². The van der Waals surface area contributed by atoms with Crippen molar-refractivity contribution in [2.24, 2.45) is 0 Å². The lowest BCUT2D eigenvalue weighted by Gasteiger charge is -2.17. The molecule has 0 unspecified atom stereocenters. The molecule has 0 spiro atoms. The molecule has 1 fully saturated rings. The molecule has 0 aromatic heterocycles. The Bertz CT molecular complexity index is 336. The number of aryl methyl sites for hydroxylation is 2. The molecule has 0 saturated carbocycles. The van der Waals surface area contributed by atoms with Crippen molar-refractivity contribution in [3.05, 3.63) is 28.3 Å². The molecule has 15 heavy (non-hydrogen) atoms. The number of hydrogen-bond acceptors (Lipinski definition) is 2. The van der Waals surface area contributed by atoms with Crippen molar-refractivity contribution in [3.8, 4) is 5.75 Å². The standard InChI is InChI=1S/C12H16ClNO/c1-8-5-10(13)6-9(2)12(8)15-11-3-4-14-7-11/h5-6,11,14H,3-4,7H2,1-2H3/t11-/m1/s1. The largest absolute Gasteiger partial charge is 0.489 e. The van der Waals surface area contributed by atoms with Gasteiger partial charge in [0.05, 0.1) is 0 Å². The van der Waals surface area contributed by atoms with Crippen LogP contribution in [0.25, 0.3) is 0 Å². The fourth-order valence-electron chi connectivity index (χ4n) is 1.98. The highest BCUT2D eigenvalue weighted by Gasteiger charge is 2.17. The van der Waals surface area contributed by atoms with Crippen LogP contribution in [0.15, 0.2) is 12.1 Å². The highest BCUT2D eigenvalue weighted by molar-refractivity contribution is 6.30. The summed E-state index contributed by atoms with van der Waals surface area (Å²) in [6.45, 7) is 6.07. The van der Waals surface area contributed by atoms with Gasteiger partial charge in [0.2, 0.25) is 0 Å². The molecule has 1 N–H and O–H groups in total. The van der Waals surface area contributed by atoms with Crippen molar-refractivity contribution in [3.63, 3.8) is 0 Å². The van der Waals surface area contributed by atoms with E-state index in [0.717, 1.165) is 41.4 Å². The number of hydrogen-bond donors (Lipinski definition) is 1. The molecule has 0 aliphatic carbocycles. The van der Waals surface area contributed by atoms with E-state index in [0.29, 0.717) is 6.10 Å². The Morgan fingerprint density at radius 3 is 2.53 bits per heavy atom. The minimum absolute atomic E-state index is 0.309. The smallest absolute Gasteiger partial charge is 0.125 e. The minimum atomic E-state index is 0.309. The predicted molar refractivity (Wildman–Crippen MR) is 62.8 cm³/mol. The lowest BCUT2D eigenvalue weighted by Crippen LogP contribution is -2.20. The van der Waals surface area contributed by atoms with Crippen molar-refractivity contribution in [1.82, 2.24) is 5.32 Å². The summed E-state index contributed by atoms with van der Waals surface area (Å²) in [5.41, 5.74) is 2.24. The topological polar surface area (TPSA) is 21.3 Å². The first kappa shape index (κ1) is 10.8. The number of ether oxygens (including phenoxy) is 1. The first-order valence-corrected chi connectivity index (χ1v) is 5.69. The van der Waals surface area contributed by atoms with E-state index in [1.54, 1.807) is 0 Å². The number of rotatable bonds is 2. The lowest BCUT2D eigenvalue weighted by atomic mass is 10.1. The highest BCUT2D eigenvalue weighted by Crippen LogP contribution is 2.28. The fourth-order valence-corrected chi connectivity index (χ4v) is 2.31. The fraction of sp³-hybridized carbons (Fsp3) is 0.500. The van der Waals surface area contributed by atoms with E-state index in [2.05, 4.69) is 5.32 Å². The van der Waals surface area contributed by atoms with Crippen molar-refractivity contribution < 1.29 is 4.74 Å². The van der Waals surface area contributed by atoms with Crippen LogP contribution < -0.4 is 10.1 Å². The summed E-state index contributed by atoms with van der Waals surface area (Å²) >= 11 is 5.97. The second-order valence-corrected chi connectivity index (χ2v) is 4.54. The Balaban J connectivity index is 2.19. The Morgan fingerprint density at radius 2 is 2.00 bits per heavy atom. The predicted octanol–water partition coefficient (Wildman–Crippen LogP) is 2.70. The normalized spacial score (nSPS) is 20.6. The Hall–Kier alpha value is -0.730. The number of benzene rings is 1. The number of halogens is 1. The quantitative estimate of drug-likeness (QED) is 0.836. The zero-order chi connectivity index (χ0) is 10.8. The molecular formula is C12H16ClNO. The lowest BCUT2D eigenvalue weighted by molar-refractivity contribution is 0.220. The average Bonchev–Trinajstić information content (AvgIpc) is 2.63. The Kier molecular flexibility index (Phi) is 3.17. The molecule has 2 nitrogen and oxygen atoms in total. The Labute approximate surface area is 95.6 Å². The van der Waals surface area contributed by atoms with Gasteiger partial charge in [0.25, 0.3) is 0 Å².